The third-order valence-electron chi connectivity index (χ3n) is 4.86. The van der Waals surface area contributed by atoms with Gasteiger partial charge in [-0.25, -0.2) is 9.07 Å². The minimum absolute atomic E-state index is 0.194. The van der Waals surface area contributed by atoms with Gasteiger partial charge in [-0.1, -0.05) is 42.0 Å². The molecular weight excluding hydrogens is 347 g/mol. The van der Waals surface area contributed by atoms with Gasteiger partial charge in [-0.15, -0.1) is 0 Å². The normalized spacial score (nSPS) is 15.2. The molecule has 2 N–H and O–H groups in total. The minimum Gasteiger partial charge on any atom is -0.310 e. The molecule has 4 rings (SSSR count). The van der Waals surface area contributed by atoms with Crippen LogP contribution in [0.3, 0.4) is 0 Å². The number of nitrogens with one attached hydrogen (secondary N) is 2. The first-order chi connectivity index (χ1) is 12.6. The monoisotopic (exact) mass is 369 g/mol. The zero-order valence-corrected chi connectivity index (χ0v) is 15.5. The van der Waals surface area contributed by atoms with Crippen LogP contribution in [0.1, 0.15) is 24.0 Å². The van der Waals surface area contributed by atoms with E-state index in [1.807, 2.05) is 16.8 Å². The Bertz CT molecular complexity index is 939. The highest BCUT2D eigenvalue weighted by molar-refractivity contribution is 7.71. The highest BCUT2D eigenvalue weighted by Crippen LogP contribution is 2.17. The molecule has 0 radical (unpaired) electrons. The van der Waals surface area contributed by atoms with Crippen molar-refractivity contribution in [3.63, 3.8) is 0 Å². The van der Waals surface area contributed by atoms with Crippen molar-refractivity contribution in [1.82, 2.24) is 14.8 Å². The van der Waals surface area contributed by atoms with Crippen LogP contribution in [-0.4, -0.2) is 20.8 Å². The number of hydrogen-bond acceptors (Lipinski definition) is 2. The standard InChI is InChI=1S/C20H21FN4S/c1-14-2-6-16(7-3-14)19-22-20(26)25(23-19)13-24(18-10-11-18)12-15-4-8-17(21)9-5-15/h2-9,18H,10-13H2,1H3,(H,22,23,26)/p+1. The molecule has 1 aliphatic carbocycles. The fourth-order valence-corrected chi connectivity index (χ4v) is 3.39. The second-order valence-corrected chi connectivity index (χ2v) is 7.41. The summed E-state index contributed by atoms with van der Waals surface area (Å²) in [5, 5.41) is 3.35. The molecule has 0 saturated heterocycles. The maximum atomic E-state index is 13.1. The van der Waals surface area contributed by atoms with Gasteiger partial charge in [0.05, 0.1) is 6.04 Å². The lowest BCUT2D eigenvalue weighted by atomic mass is 10.1. The van der Waals surface area contributed by atoms with E-state index < -0.39 is 0 Å². The summed E-state index contributed by atoms with van der Waals surface area (Å²) in [6.45, 7) is 3.66. The molecule has 2 aromatic carbocycles. The van der Waals surface area contributed by atoms with Gasteiger partial charge in [0, 0.05) is 24.0 Å². The maximum Gasteiger partial charge on any atom is 0.221 e. The Labute approximate surface area is 157 Å². The Morgan fingerprint density at radius 2 is 1.85 bits per heavy atom. The highest BCUT2D eigenvalue weighted by Gasteiger charge is 2.33. The van der Waals surface area contributed by atoms with Crippen LogP contribution in [0.5, 0.6) is 0 Å². The molecule has 0 bridgehead atoms. The van der Waals surface area contributed by atoms with Crippen LogP contribution in [0.2, 0.25) is 0 Å². The Balaban J connectivity index is 1.53. The first kappa shape index (κ1) is 17.1. The SMILES string of the molecule is Cc1ccc(-c2nc(=S)n(C[NH+](Cc3ccc(F)cc3)C3CC3)[nH]2)cc1. The van der Waals surface area contributed by atoms with Crippen molar-refractivity contribution in [2.45, 2.75) is 39.0 Å². The summed E-state index contributed by atoms with van der Waals surface area (Å²) in [6.07, 6.45) is 2.45. The second-order valence-electron chi connectivity index (χ2n) is 7.04. The summed E-state index contributed by atoms with van der Waals surface area (Å²) in [7, 11) is 0. The van der Waals surface area contributed by atoms with Gasteiger partial charge in [-0.05, 0) is 31.3 Å². The molecule has 1 aliphatic rings. The van der Waals surface area contributed by atoms with E-state index in [4.69, 9.17) is 12.2 Å². The molecule has 0 spiro atoms. The molecule has 0 aliphatic heterocycles. The van der Waals surface area contributed by atoms with Crippen molar-refractivity contribution >= 4 is 12.2 Å². The molecule has 26 heavy (non-hydrogen) atoms. The largest absolute Gasteiger partial charge is 0.310 e. The van der Waals surface area contributed by atoms with Crippen LogP contribution in [0.4, 0.5) is 4.39 Å². The van der Waals surface area contributed by atoms with Crippen molar-refractivity contribution in [2.24, 2.45) is 0 Å². The molecular formula is C20H22FN4S+. The molecule has 6 heteroatoms. The Kier molecular flexibility index (Phi) is 4.70. The van der Waals surface area contributed by atoms with Crippen molar-refractivity contribution < 1.29 is 9.29 Å². The molecule has 1 saturated carbocycles. The van der Waals surface area contributed by atoms with Crippen molar-refractivity contribution in [2.75, 3.05) is 0 Å². The Hall–Kier alpha value is -2.31. The summed E-state index contributed by atoms with van der Waals surface area (Å²) < 4.78 is 15.7. The van der Waals surface area contributed by atoms with E-state index in [-0.39, 0.29) is 5.82 Å². The van der Waals surface area contributed by atoms with Gasteiger partial charge in [0.15, 0.2) is 12.5 Å². The topological polar surface area (TPSA) is 38.0 Å². The summed E-state index contributed by atoms with van der Waals surface area (Å²) in [4.78, 5) is 5.94. The predicted molar refractivity (Wildman–Crippen MR) is 102 cm³/mol. The van der Waals surface area contributed by atoms with Gasteiger partial charge in [0.25, 0.3) is 0 Å². The summed E-state index contributed by atoms with van der Waals surface area (Å²) in [5.41, 5.74) is 3.39. The highest BCUT2D eigenvalue weighted by atomic mass is 32.1. The molecule has 4 nitrogen and oxygen atoms in total. The first-order valence-corrected chi connectivity index (χ1v) is 9.32. The average Bonchev–Trinajstić information content (AvgIpc) is 3.41. The van der Waals surface area contributed by atoms with Gasteiger partial charge < -0.3 is 4.90 Å². The quantitative estimate of drug-likeness (QED) is 0.655. The van der Waals surface area contributed by atoms with E-state index >= 15 is 0 Å². The summed E-state index contributed by atoms with van der Waals surface area (Å²) in [5.74, 6) is 0.604. The average molecular weight is 369 g/mol. The number of halogens is 1. The molecule has 1 aromatic heterocycles. The fraction of sp³-hybridized carbons (Fsp3) is 0.300. The lowest BCUT2D eigenvalue weighted by Crippen LogP contribution is -3.11. The summed E-state index contributed by atoms with van der Waals surface area (Å²) in [6, 6.07) is 15.7. The van der Waals surface area contributed by atoms with Crippen molar-refractivity contribution in [3.8, 4) is 11.4 Å². The van der Waals surface area contributed by atoms with E-state index in [1.165, 1.54) is 35.4 Å². The van der Waals surface area contributed by atoms with Crippen LogP contribution in [0, 0.1) is 17.5 Å². The number of hydrogen-bond donors (Lipinski definition) is 2. The Morgan fingerprint density at radius 3 is 2.50 bits per heavy atom. The third-order valence-corrected chi connectivity index (χ3v) is 5.18. The van der Waals surface area contributed by atoms with Crippen LogP contribution < -0.4 is 4.90 Å². The molecule has 1 heterocycles. The van der Waals surface area contributed by atoms with Crippen LogP contribution in [0.25, 0.3) is 11.4 Å². The number of aryl methyl sites for hydroxylation is 1. The van der Waals surface area contributed by atoms with E-state index in [0.29, 0.717) is 10.8 Å². The number of H-pyrrole nitrogens is 1. The smallest absolute Gasteiger partial charge is 0.221 e. The van der Waals surface area contributed by atoms with Gasteiger partial charge in [-0.2, -0.15) is 4.98 Å². The maximum absolute atomic E-state index is 13.1. The number of nitrogens with zero attached hydrogens (tertiary/aromatic N) is 2. The van der Waals surface area contributed by atoms with Gasteiger partial charge in [0.1, 0.15) is 12.4 Å². The molecule has 1 fully saturated rings. The van der Waals surface area contributed by atoms with Gasteiger partial charge in [-0.3, -0.25) is 5.10 Å². The third kappa shape index (κ3) is 3.92. The van der Waals surface area contributed by atoms with Crippen LogP contribution >= 0.6 is 12.2 Å². The Morgan fingerprint density at radius 1 is 1.15 bits per heavy atom. The number of quaternary nitrogens is 1. The molecule has 1 atom stereocenters. The molecule has 1 unspecified atom stereocenters. The lowest BCUT2D eigenvalue weighted by molar-refractivity contribution is -0.947. The van der Waals surface area contributed by atoms with Gasteiger partial charge in [0.2, 0.25) is 4.77 Å². The zero-order valence-electron chi connectivity index (χ0n) is 14.7. The van der Waals surface area contributed by atoms with E-state index in [1.54, 1.807) is 0 Å². The number of aromatic nitrogens is 3. The van der Waals surface area contributed by atoms with Crippen molar-refractivity contribution in [3.05, 3.63) is 70.2 Å². The van der Waals surface area contributed by atoms with Crippen LogP contribution in [-0.2, 0) is 13.2 Å². The lowest BCUT2D eigenvalue weighted by Gasteiger charge is -2.19. The number of aromatic amines is 1. The second kappa shape index (κ2) is 7.13. The molecule has 3 aromatic rings. The van der Waals surface area contributed by atoms with Crippen molar-refractivity contribution in [1.29, 1.82) is 0 Å². The predicted octanol–water partition coefficient (Wildman–Crippen LogP) is 3.26. The number of rotatable bonds is 6. The van der Waals surface area contributed by atoms with Crippen LogP contribution in [0.15, 0.2) is 48.5 Å². The van der Waals surface area contributed by atoms with E-state index in [9.17, 15) is 4.39 Å². The number of benzene rings is 2. The summed E-state index contributed by atoms with van der Waals surface area (Å²) >= 11 is 5.46. The van der Waals surface area contributed by atoms with Gasteiger partial charge >= 0.3 is 0 Å². The first-order valence-electron chi connectivity index (χ1n) is 8.91. The molecule has 134 valence electrons. The molecule has 0 amide bonds. The fourth-order valence-electron chi connectivity index (χ4n) is 3.19. The minimum atomic E-state index is -0.194. The van der Waals surface area contributed by atoms with E-state index in [2.05, 4.69) is 41.3 Å². The zero-order chi connectivity index (χ0) is 18.1. The van der Waals surface area contributed by atoms with E-state index in [0.717, 1.165) is 30.2 Å².